The molecule has 2 aromatic rings. The van der Waals surface area contributed by atoms with Crippen LogP contribution in [0.25, 0.3) is 11.3 Å². The van der Waals surface area contributed by atoms with Gasteiger partial charge in [0.15, 0.2) is 11.6 Å². The van der Waals surface area contributed by atoms with Crippen LogP contribution in [-0.4, -0.2) is 5.16 Å². The van der Waals surface area contributed by atoms with E-state index in [1.807, 2.05) is 0 Å². The molecule has 0 saturated heterocycles. The van der Waals surface area contributed by atoms with Crippen LogP contribution in [0.2, 0.25) is 0 Å². The van der Waals surface area contributed by atoms with Crippen molar-refractivity contribution in [1.29, 1.82) is 0 Å². The normalized spacial score (nSPS) is 10.5. The summed E-state index contributed by atoms with van der Waals surface area (Å²) < 4.78 is 30.3. The second-order valence-electron chi connectivity index (χ2n) is 2.95. The van der Waals surface area contributed by atoms with Crippen LogP contribution in [0.15, 0.2) is 28.8 Å². The van der Waals surface area contributed by atoms with Crippen molar-refractivity contribution < 1.29 is 13.3 Å². The third-order valence-electron chi connectivity index (χ3n) is 1.84. The molecule has 14 heavy (non-hydrogen) atoms. The number of benzene rings is 1. The monoisotopic (exact) mass is 195 g/mol. The van der Waals surface area contributed by atoms with E-state index < -0.39 is 11.6 Å². The lowest BCUT2D eigenvalue weighted by atomic mass is 10.1. The highest BCUT2D eigenvalue weighted by atomic mass is 19.2. The van der Waals surface area contributed by atoms with Gasteiger partial charge in [-0.1, -0.05) is 5.16 Å². The number of hydrogen-bond acceptors (Lipinski definition) is 2. The predicted molar refractivity (Wildman–Crippen MR) is 46.6 cm³/mol. The first-order valence-corrected chi connectivity index (χ1v) is 4.05. The molecule has 4 heteroatoms. The molecule has 0 spiro atoms. The fraction of sp³-hybridized carbons (Fsp3) is 0.100. The molecular formula is C10H7F2NO. The molecule has 72 valence electrons. The summed E-state index contributed by atoms with van der Waals surface area (Å²) in [6, 6.07) is 5.27. The zero-order valence-corrected chi connectivity index (χ0v) is 7.42. The van der Waals surface area contributed by atoms with E-state index in [1.54, 1.807) is 13.0 Å². The lowest BCUT2D eigenvalue weighted by Gasteiger charge is -1.96. The summed E-state index contributed by atoms with van der Waals surface area (Å²) in [7, 11) is 0. The fourth-order valence-corrected chi connectivity index (χ4v) is 1.16. The van der Waals surface area contributed by atoms with Crippen LogP contribution in [-0.2, 0) is 0 Å². The SMILES string of the molecule is Cc1cc(-c2ccc(F)c(F)c2)no1. The summed E-state index contributed by atoms with van der Waals surface area (Å²) in [5, 5.41) is 3.69. The molecule has 0 unspecified atom stereocenters. The minimum Gasteiger partial charge on any atom is -0.361 e. The Bertz CT molecular complexity index is 465. The van der Waals surface area contributed by atoms with Gasteiger partial charge in [0.1, 0.15) is 11.5 Å². The zero-order chi connectivity index (χ0) is 10.1. The highest BCUT2D eigenvalue weighted by Gasteiger charge is 2.07. The Kier molecular flexibility index (Phi) is 2.04. The van der Waals surface area contributed by atoms with Gasteiger partial charge in [0, 0.05) is 11.6 Å². The van der Waals surface area contributed by atoms with Gasteiger partial charge in [-0.2, -0.15) is 0 Å². The van der Waals surface area contributed by atoms with Gasteiger partial charge in [0.05, 0.1) is 0 Å². The average molecular weight is 195 g/mol. The Morgan fingerprint density at radius 2 is 1.93 bits per heavy atom. The molecule has 0 aliphatic carbocycles. The summed E-state index contributed by atoms with van der Waals surface area (Å²) >= 11 is 0. The predicted octanol–water partition coefficient (Wildman–Crippen LogP) is 2.93. The van der Waals surface area contributed by atoms with Gasteiger partial charge in [-0.3, -0.25) is 0 Å². The second-order valence-corrected chi connectivity index (χ2v) is 2.95. The van der Waals surface area contributed by atoms with Crippen molar-refractivity contribution >= 4 is 0 Å². The van der Waals surface area contributed by atoms with Crippen molar-refractivity contribution in [2.24, 2.45) is 0 Å². The molecule has 0 radical (unpaired) electrons. The summed E-state index contributed by atoms with van der Waals surface area (Å²) in [5.74, 6) is -1.12. The lowest BCUT2D eigenvalue weighted by Crippen LogP contribution is -1.84. The van der Waals surface area contributed by atoms with E-state index in [1.165, 1.54) is 6.07 Å². The molecule has 1 aromatic heterocycles. The highest BCUT2D eigenvalue weighted by molar-refractivity contribution is 5.58. The maximum Gasteiger partial charge on any atom is 0.159 e. The third-order valence-corrected chi connectivity index (χ3v) is 1.84. The topological polar surface area (TPSA) is 26.0 Å². The van der Waals surface area contributed by atoms with Crippen LogP contribution < -0.4 is 0 Å². The van der Waals surface area contributed by atoms with Gasteiger partial charge in [0.2, 0.25) is 0 Å². The molecule has 0 aliphatic rings. The van der Waals surface area contributed by atoms with Crippen molar-refractivity contribution in [2.75, 3.05) is 0 Å². The first-order chi connectivity index (χ1) is 6.66. The van der Waals surface area contributed by atoms with Crippen molar-refractivity contribution in [3.63, 3.8) is 0 Å². The Morgan fingerprint density at radius 1 is 1.14 bits per heavy atom. The van der Waals surface area contributed by atoms with Crippen LogP contribution in [0, 0.1) is 18.6 Å². The van der Waals surface area contributed by atoms with Gasteiger partial charge in [0.25, 0.3) is 0 Å². The first kappa shape index (κ1) is 8.87. The van der Waals surface area contributed by atoms with Crippen LogP contribution in [0.5, 0.6) is 0 Å². The minimum absolute atomic E-state index is 0.501. The number of aryl methyl sites for hydroxylation is 1. The van der Waals surface area contributed by atoms with Crippen molar-refractivity contribution in [2.45, 2.75) is 6.92 Å². The maximum atomic E-state index is 12.8. The molecule has 0 bridgehead atoms. The zero-order valence-electron chi connectivity index (χ0n) is 7.42. The number of rotatable bonds is 1. The van der Waals surface area contributed by atoms with Crippen molar-refractivity contribution in [1.82, 2.24) is 5.16 Å². The van der Waals surface area contributed by atoms with E-state index in [0.717, 1.165) is 12.1 Å². The fourth-order valence-electron chi connectivity index (χ4n) is 1.16. The molecule has 1 aromatic carbocycles. The molecule has 0 atom stereocenters. The van der Waals surface area contributed by atoms with Crippen LogP contribution in [0.1, 0.15) is 5.76 Å². The summed E-state index contributed by atoms with van der Waals surface area (Å²) in [6.45, 7) is 1.73. The van der Waals surface area contributed by atoms with E-state index >= 15 is 0 Å². The highest BCUT2D eigenvalue weighted by Crippen LogP contribution is 2.20. The first-order valence-electron chi connectivity index (χ1n) is 4.05. The maximum absolute atomic E-state index is 12.8. The summed E-state index contributed by atoms with van der Waals surface area (Å²) in [6.07, 6.45) is 0. The van der Waals surface area contributed by atoms with Gasteiger partial charge >= 0.3 is 0 Å². The van der Waals surface area contributed by atoms with Crippen LogP contribution >= 0.6 is 0 Å². The smallest absolute Gasteiger partial charge is 0.159 e. The minimum atomic E-state index is -0.886. The molecule has 0 amide bonds. The molecule has 2 nitrogen and oxygen atoms in total. The Hall–Kier alpha value is -1.71. The molecule has 0 aliphatic heterocycles. The third kappa shape index (κ3) is 1.51. The van der Waals surface area contributed by atoms with E-state index in [2.05, 4.69) is 5.16 Å². The van der Waals surface area contributed by atoms with Crippen LogP contribution in [0.4, 0.5) is 8.78 Å². The largest absolute Gasteiger partial charge is 0.361 e. The Labute approximate surface area is 79.1 Å². The van der Waals surface area contributed by atoms with Gasteiger partial charge in [-0.25, -0.2) is 8.78 Å². The number of aromatic nitrogens is 1. The molecule has 1 heterocycles. The Morgan fingerprint density at radius 3 is 2.50 bits per heavy atom. The van der Waals surface area contributed by atoms with E-state index in [9.17, 15) is 8.78 Å². The molecule has 2 rings (SSSR count). The van der Waals surface area contributed by atoms with E-state index in [-0.39, 0.29) is 0 Å². The standard InChI is InChI=1S/C10H7F2NO/c1-6-4-10(13-14-6)7-2-3-8(11)9(12)5-7/h2-5H,1H3. The molecular weight excluding hydrogens is 188 g/mol. The summed E-state index contributed by atoms with van der Waals surface area (Å²) in [5.41, 5.74) is 1.00. The van der Waals surface area contributed by atoms with Gasteiger partial charge < -0.3 is 4.52 Å². The van der Waals surface area contributed by atoms with Crippen molar-refractivity contribution in [3.05, 3.63) is 41.7 Å². The Balaban J connectivity index is 2.47. The lowest BCUT2D eigenvalue weighted by molar-refractivity contribution is 0.399. The molecule has 0 saturated carbocycles. The van der Waals surface area contributed by atoms with Crippen molar-refractivity contribution in [3.8, 4) is 11.3 Å². The van der Waals surface area contributed by atoms with E-state index in [4.69, 9.17) is 4.52 Å². The van der Waals surface area contributed by atoms with Gasteiger partial charge in [-0.15, -0.1) is 0 Å². The molecule has 0 fully saturated rings. The number of hydrogen-bond donors (Lipinski definition) is 0. The average Bonchev–Trinajstić information content (AvgIpc) is 2.57. The summed E-state index contributed by atoms with van der Waals surface area (Å²) in [4.78, 5) is 0. The van der Waals surface area contributed by atoms with Gasteiger partial charge in [-0.05, 0) is 25.1 Å². The number of nitrogens with zero attached hydrogens (tertiary/aromatic N) is 1. The van der Waals surface area contributed by atoms with E-state index in [0.29, 0.717) is 17.0 Å². The number of halogens is 2. The van der Waals surface area contributed by atoms with Crippen LogP contribution in [0.3, 0.4) is 0 Å². The second kappa shape index (κ2) is 3.21. The molecule has 0 N–H and O–H groups in total. The quantitative estimate of drug-likeness (QED) is 0.699.